The van der Waals surface area contributed by atoms with Crippen LogP contribution in [0.25, 0.3) is 0 Å². The van der Waals surface area contributed by atoms with Gasteiger partial charge in [0, 0.05) is 18.0 Å². The molecule has 3 heteroatoms. The predicted octanol–water partition coefficient (Wildman–Crippen LogP) is 1.03. The molecule has 1 rings (SSSR count). The molecule has 0 bridgehead atoms. The van der Waals surface area contributed by atoms with E-state index < -0.39 is 0 Å². The molecule has 3 N–H and O–H groups in total. The lowest BCUT2D eigenvalue weighted by Crippen LogP contribution is -2.41. The summed E-state index contributed by atoms with van der Waals surface area (Å²) in [5, 5.41) is 3.04. The Labute approximate surface area is 80.1 Å². The molecule has 0 aromatic rings. The van der Waals surface area contributed by atoms with Crippen molar-refractivity contribution >= 4 is 5.91 Å². The molecular formula is C10H20N2O. The molecule has 1 aliphatic rings. The van der Waals surface area contributed by atoms with E-state index in [0.717, 1.165) is 25.7 Å². The molecule has 1 saturated carbocycles. The molecule has 1 fully saturated rings. The highest BCUT2D eigenvalue weighted by atomic mass is 16.1. The van der Waals surface area contributed by atoms with E-state index in [1.807, 2.05) is 13.8 Å². The molecule has 0 aliphatic heterocycles. The van der Waals surface area contributed by atoms with E-state index in [1.54, 1.807) is 0 Å². The Balaban J connectivity index is 2.26. The Kier molecular flexibility index (Phi) is 3.72. The van der Waals surface area contributed by atoms with Crippen molar-refractivity contribution in [3.05, 3.63) is 0 Å². The number of carbonyl (C=O) groups is 1. The van der Waals surface area contributed by atoms with Crippen molar-refractivity contribution in [2.24, 2.45) is 11.7 Å². The standard InChI is InChI=1S/C10H20N2O/c1-7(2)10(13)12-9-5-3-8(11)4-6-9/h7-9H,3-6,11H2,1-2H3,(H,12,13)/t8-,9-. The molecule has 0 heterocycles. The van der Waals surface area contributed by atoms with Crippen LogP contribution in [0.4, 0.5) is 0 Å². The van der Waals surface area contributed by atoms with Crippen LogP contribution in [0.3, 0.4) is 0 Å². The molecule has 0 atom stereocenters. The van der Waals surface area contributed by atoms with Crippen molar-refractivity contribution in [3.63, 3.8) is 0 Å². The summed E-state index contributed by atoms with van der Waals surface area (Å²) in [4.78, 5) is 11.4. The highest BCUT2D eigenvalue weighted by Gasteiger charge is 2.20. The van der Waals surface area contributed by atoms with Crippen molar-refractivity contribution in [2.75, 3.05) is 0 Å². The van der Waals surface area contributed by atoms with Crippen LogP contribution < -0.4 is 11.1 Å². The number of carbonyl (C=O) groups excluding carboxylic acids is 1. The smallest absolute Gasteiger partial charge is 0.222 e. The van der Waals surface area contributed by atoms with E-state index in [1.165, 1.54) is 0 Å². The van der Waals surface area contributed by atoms with Crippen molar-refractivity contribution in [2.45, 2.75) is 51.6 Å². The van der Waals surface area contributed by atoms with Gasteiger partial charge in [-0.05, 0) is 25.7 Å². The van der Waals surface area contributed by atoms with Gasteiger partial charge in [-0.2, -0.15) is 0 Å². The van der Waals surface area contributed by atoms with E-state index >= 15 is 0 Å². The van der Waals surface area contributed by atoms with Crippen LogP contribution in [0.15, 0.2) is 0 Å². The molecule has 3 nitrogen and oxygen atoms in total. The zero-order chi connectivity index (χ0) is 9.84. The third kappa shape index (κ3) is 3.35. The molecule has 0 radical (unpaired) electrons. The van der Waals surface area contributed by atoms with E-state index in [0.29, 0.717) is 12.1 Å². The van der Waals surface area contributed by atoms with Gasteiger partial charge in [-0.25, -0.2) is 0 Å². The Hall–Kier alpha value is -0.570. The topological polar surface area (TPSA) is 55.1 Å². The molecule has 1 aliphatic carbocycles. The fraction of sp³-hybridized carbons (Fsp3) is 0.900. The molecule has 13 heavy (non-hydrogen) atoms. The third-order valence-corrected chi connectivity index (χ3v) is 2.64. The first kappa shape index (κ1) is 10.5. The Bertz CT molecular complexity index is 172. The summed E-state index contributed by atoms with van der Waals surface area (Å²) in [5.74, 6) is 0.260. The number of rotatable bonds is 2. The Morgan fingerprint density at radius 2 is 1.85 bits per heavy atom. The number of hydrogen-bond acceptors (Lipinski definition) is 2. The van der Waals surface area contributed by atoms with Gasteiger partial charge in [-0.1, -0.05) is 13.8 Å². The van der Waals surface area contributed by atoms with Crippen molar-refractivity contribution in [1.29, 1.82) is 0 Å². The van der Waals surface area contributed by atoms with Gasteiger partial charge in [-0.3, -0.25) is 4.79 Å². The normalized spacial score (nSPS) is 28.9. The second-order valence-electron chi connectivity index (χ2n) is 4.27. The summed E-state index contributed by atoms with van der Waals surface area (Å²) in [6, 6.07) is 0.724. The maximum absolute atomic E-state index is 11.4. The van der Waals surface area contributed by atoms with Crippen molar-refractivity contribution < 1.29 is 4.79 Å². The minimum absolute atomic E-state index is 0.0931. The molecule has 1 amide bonds. The quantitative estimate of drug-likeness (QED) is 0.673. The lowest BCUT2D eigenvalue weighted by molar-refractivity contribution is -0.124. The summed E-state index contributed by atoms with van der Waals surface area (Å²) < 4.78 is 0. The van der Waals surface area contributed by atoms with Crippen LogP contribution in [0.1, 0.15) is 39.5 Å². The van der Waals surface area contributed by atoms with Gasteiger partial charge in [0.1, 0.15) is 0 Å². The summed E-state index contributed by atoms with van der Waals surface area (Å²) in [6.45, 7) is 3.84. The first-order valence-electron chi connectivity index (χ1n) is 5.15. The lowest BCUT2D eigenvalue weighted by Gasteiger charge is -2.27. The van der Waals surface area contributed by atoms with Gasteiger partial charge < -0.3 is 11.1 Å². The van der Waals surface area contributed by atoms with Crippen molar-refractivity contribution in [3.8, 4) is 0 Å². The number of nitrogens with one attached hydrogen (secondary N) is 1. The van der Waals surface area contributed by atoms with Crippen LogP contribution >= 0.6 is 0 Å². The maximum atomic E-state index is 11.4. The molecule has 0 unspecified atom stereocenters. The second kappa shape index (κ2) is 4.61. The van der Waals surface area contributed by atoms with Crippen LogP contribution in [-0.4, -0.2) is 18.0 Å². The fourth-order valence-electron chi connectivity index (χ4n) is 1.63. The highest BCUT2D eigenvalue weighted by molar-refractivity contribution is 5.78. The summed E-state index contributed by atoms with van der Waals surface area (Å²) in [7, 11) is 0. The Morgan fingerprint density at radius 3 is 2.31 bits per heavy atom. The van der Waals surface area contributed by atoms with E-state index in [-0.39, 0.29) is 11.8 Å². The lowest BCUT2D eigenvalue weighted by atomic mass is 9.91. The van der Waals surface area contributed by atoms with Gasteiger partial charge >= 0.3 is 0 Å². The monoisotopic (exact) mass is 184 g/mol. The number of nitrogens with two attached hydrogens (primary N) is 1. The van der Waals surface area contributed by atoms with E-state index in [2.05, 4.69) is 5.32 Å². The van der Waals surface area contributed by atoms with Gasteiger partial charge in [0.15, 0.2) is 0 Å². The average Bonchev–Trinajstić information content (AvgIpc) is 2.08. The third-order valence-electron chi connectivity index (χ3n) is 2.64. The van der Waals surface area contributed by atoms with Gasteiger partial charge in [0.05, 0.1) is 0 Å². The zero-order valence-corrected chi connectivity index (χ0v) is 8.55. The van der Waals surface area contributed by atoms with Crippen LogP contribution in [0.2, 0.25) is 0 Å². The first-order valence-corrected chi connectivity index (χ1v) is 5.15. The van der Waals surface area contributed by atoms with Crippen LogP contribution in [0.5, 0.6) is 0 Å². The Morgan fingerprint density at radius 1 is 1.31 bits per heavy atom. The molecule has 76 valence electrons. The van der Waals surface area contributed by atoms with Gasteiger partial charge in [0.2, 0.25) is 5.91 Å². The van der Waals surface area contributed by atoms with Gasteiger partial charge in [-0.15, -0.1) is 0 Å². The van der Waals surface area contributed by atoms with Gasteiger partial charge in [0.25, 0.3) is 0 Å². The SMILES string of the molecule is CC(C)C(=O)N[C@H]1CC[C@H](N)CC1. The first-order chi connectivity index (χ1) is 6.09. The molecule has 0 aromatic heterocycles. The number of amides is 1. The molecular weight excluding hydrogens is 164 g/mol. The highest BCUT2D eigenvalue weighted by Crippen LogP contribution is 2.17. The largest absolute Gasteiger partial charge is 0.353 e. The van der Waals surface area contributed by atoms with E-state index in [4.69, 9.17) is 5.73 Å². The second-order valence-corrected chi connectivity index (χ2v) is 4.27. The molecule has 0 saturated heterocycles. The average molecular weight is 184 g/mol. The fourth-order valence-corrected chi connectivity index (χ4v) is 1.63. The molecule has 0 spiro atoms. The molecule has 0 aromatic carbocycles. The maximum Gasteiger partial charge on any atom is 0.222 e. The minimum Gasteiger partial charge on any atom is -0.353 e. The predicted molar refractivity (Wildman–Crippen MR) is 53.2 cm³/mol. The zero-order valence-electron chi connectivity index (χ0n) is 8.55. The summed E-state index contributed by atoms with van der Waals surface area (Å²) >= 11 is 0. The van der Waals surface area contributed by atoms with Crippen LogP contribution in [0, 0.1) is 5.92 Å². The van der Waals surface area contributed by atoms with Crippen molar-refractivity contribution in [1.82, 2.24) is 5.32 Å². The summed E-state index contributed by atoms with van der Waals surface area (Å²) in [6.07, 6.45) is 4.17. The minimum atomic E-state index is 0.0931. The number of hydrogen-bond donors (Lipinski definition) is 2. The van der Waals surface area contributed by atoms with E-state index in [9.17, 15) is 4.79 Å². The summed E-state index contributed by atoms with van der Waals surface area (Å²) in [5.41, 5.74) is 5.77. The van der Waals surface area contributed by atoms with Crippen LogP contribution in [-0.2, 0) is 4.79 Å².